The summed E-state index contributed by atoms with van der Waals surface area (Å²) in [6.45, 7) is 6.91. The molecule has 1 aromatic rings. The predicted octanol–water partition coefficient (Wildman–Crippen LogP) is 3.08. The highest BCUT2D eigenvalue weighted by Gasteiger charge is 2.19. The maximum Gasteiger partial charge on any atom is 0.0748 e. The summed E-state index contributed by atoms with van der Waals surface area (Å²) >= 11 is 3.61. The Balaban J connectivity index is 2.16. The molecular weight excluding hydrogens is 292 g/mol. The van der Waals surface area contributed by atoms with E-state index in [-0.39, 0.29) is 6.04 Å². The van der Waals surface area contributed by atoms with Crippen molar-refractivity contribution in [2.75, 3.05) is 24.6 Å². The summed E-state index contributed by atoms with van der Waals surface area (Å²) in [4.78, 5) is 2.38. The van der Waals surface area contributed by atoms with E-state index in [1.807, 2.05) is 6.92 Å². The maximum absolute atomic E-state index is 5.92. The number of rotatable bonds is 3. The average molecular weight is 313 g/mol. The second kappa shape index (κ2) is 6.04. The van der Waals surface area contributed by atoms with Crippen molar-refractivity contribution in [3.63, 3.8) is 0 Å². The summed E-state index contributed by atoms with van der Waals surface area (Å²) in [7, 11) is 0. The molecule has 2 N–H and O–H groups in total. The largest absolute Gasteiger partial charge is 0.375 e. The standard InChI is InChI=1S/C14H21BrN2O/c1-3-12-9-17(6-7-18-12)11-4-5-13(10(2)16)14(15)8-11/h4-5,8,10,12H,3,6-7,9,16H2,1-2H3/t10-,12?/m0/s1. The Labute approximate surface area is 117 Å². The molecule has 1 heterocycles. The van der Waals surface area contributed by atoms with Crippen LogP contribution in [0.4, 0.5) is 5.69 Å². The molecule has 2 rings (SSSR count). The molecule has 1 aromatic carbocycles. The summed E-state index contributed by atoms with van der Waals surface area (Å²) in [6, 6.07) is 6.49. The normalized spacial score (nSPS) is 22.0. The Hall–Kier alpha value is -0.580. The first-order valence-corrected chi connectivity index (χ1v) is 7.32. The smallest absolute Gasteiger partial charge is 0.0748 e. The van der Waals surface area contributed by atoms with E-state index in [0.717, 1.165) is 36.2 Å². The number of nitrogens with zero attached hydrogens (tertiary/aromatic N) is 1. The molecule has 1 saturated heterocycles. The van der Waals surface area contributed by atoms with Crippen LogP contribution in [0.1, 0.15) is 31.9 Å². The van der Waals surface area contributed by atoms with Gasteiger partial charge in [0.15, 0.2) is 0 Å². The van der Waals surface area contributed by atoms with Gasteiger partial charge in [-0.1, -0.05) is 28.9 Å². The highest BCUT2D eigenvalue weighted by Crippen LogP contribution is 2.28. The molecule has 0 saturated carbocycles. The van der Waals surface area contributed by atoms with Crippen LogP contribution in [0.2, 0.25) is 0 Å². The van der Waals surface area contributed by atoms with E-state index in [9.17, 15) is 0 Å². The molecular formula is C14H21BrN2O. The lowest BCUT2D eigenvalue weighted by atomic mass is 10.1. The first-order valence-electron chi connectivity index (χ1n) is 6.53. The van der Waals surface area contributed by atoms with Crippen molar-refractivity contribution in [1.29, 1.82) is 0 Å². The molecule has 0 aliphatic carbocycles. The minimum absolute atomic E-state index is 0.0569. The van der Waals surface area contributed by atoms with Gasteiger partial charge in [-0.2, -0.15) is 0 Å². The van der Waals surface area contributed by atoms with E-state index in [1.54, 1.807) is 0 Å². The molecule has 0 bridgehead atoms. The van der Waals surface area contributed by atoms with Crippen LogP contribution in [0, 0.1) is 0 Å². The van der Waals surface area contributed by atoms with Gasteiger partial charge in [-0.05, 0) is 31.0 Å². The van der Waals surface area contributed by atoms with Gasteiger partial charge in [0.2, 0.25) is 0 Å². The van der Waals surface area contributed by atoms with Crippen molar-refractivity contribution in [3.8, 4) is 0 Å². The van der Waals surface area contributed by atoms with E-state index in [0.29, 0.717) is 6.10 Å². The fraction of sp³-hybridized carbons (Fsp3) is 0.571. The van der Waals surface area contributed by atoms with Crippen LogP contribution < -0.4 is 10.6 Å². The zero-order valence-electron chi connectivity index (χ0n) is 11.0. The number of ether oxygens (including phenoxy) is 1. The summed E-state index contributed by atoms with van der Waals surface area (Å²) in [5.41, 5.74) is 8.32. The maximum atomic E-state index is 5.92. The quantitative estimate of drug-likeness (QED) is 0.932. The fourth-order valence-corrected chi connectivity index (χ4v) is 3.01. The summed E-state index contributed by atoms with van der Waals surface area (Å²) < 4.78 is 6.79. The van der Waals surface area contributed by atoms with Crippen molar-refractivity contribution in [2.24, 2.45) is 5.73 Å². The first-order chi connectivity index (χ1) is 8.61. The van der Waals surface area contributed by atoms with Gasteiger partial charge < -0.3 is 15.4 Å². The van der Waals surface area contributed by atoms with E-state index < -0.39 is 0 Å². The van der Waals surface area contributed by atoms with E-state index in [2.05, 4.69) is 46.0 Å². The molecule has 2 atom stereocenters. The summed E-state index contributed by atoms with van der Waals surface area (Å²) in [5, 5.41) is 0. The van der Waals surface area contributed by atoms with Crippen LogP contribution >= 0.6 is 15.9 Å². The fourth-order valence-electron chi connectivity index (χ4n) is 2.28. The van der Waals surface area contributed by atoms with Gasteiger partial charge in [0, 0.05) is 29.3 Å². The Morgan fingerprint density at radius 3 is 2.94 bits per heavy atom. The van der Waals surface area contributed by atoms with Crippen LogP contribution in [0.3, 0.4) is 0 Å². The van der Waals surface area contributed by atoms with E-state index in [4.69, 9.17) is 10.5 Å². The van der Waals surface area contributed by atoms with Gasteiger partial charge in [-0.15, -0.1) is 0 Å². The number of nitrogens with two attached hydrogens (primary N) is 1. The average Bonchev–Trinajstić information content (AvgIpc) is 2.38. The lowest BCUT2D eigenvalue weighted by Gasteiger charge is -2.34. The molecule has 3 nitrogen and oxygen atoms in total. The SMILES string of the molecule is CCC1CN(c2ccc([C@H](C)N)c(Br)c2)CCO1. The zero-order valence-corrected chi connectivity index (χ0v) is 12.6. The monoisotopic (exact) mass is 312 g/mol. The summed E-state index contributed by atoms with van der Waals surface area (Å²) in [6.07, 6.45) is 1.42. The molecule has 0 spiro atoms. The van der Waals surface area contributed by atoms with Crippen molar-refractivity contribution >= 4 is 21.6 Å². The Kier molecular flexibility index (Phi) is 4.65. The van der Waals surface area contributed by atoms with Crippen molar-refractivity contribution in [2.45, 2.75) is 32.4 Å². The molecule has 0 radical (unpaired) electrons. The van der Waals surface area contributed by atoms with Crippen LogP contribution in [-0.4, -0.2) is 25.8 Å². The third-order valence-corrected chi connectivity index (χ3v) is 4.12. The van der Waals surface area contributed by atoms with Crippen LogP contribution in [0.15, 0.2) is 22.7 Å². The van der Waals surface area contributed by atoms with Crippen molar-refractivity contribution in [1.82, 2.24) is 0 Å². The number of morpholine rings is 1. The topological polar surface area (TPSA) is 38.5 Å². The number of hydrogen-bond acceptors (Lipinski definition) is 3. The minimum atomic E-state index is 0.0569. The first kappa shape index (κ1) is 13.8. The van der Waals surface area contributed by atoms with Crippen LogP contribution in [-0.2, 0) is 4.74 Å². The Morgan fingerprint density at radius 1 is 1.56 bits per heavy atom. The van der Waals surface area contributed by atoms with E-state index >= 15 is 0 Å². The molecule has 1 fully saturated rings. The Bertz CT molecular complexity index is 409. The zero-order chi connectivity index (χ0) is 13.1. The lowest BCUT2D eigenvalue weighted by Crippen LogP contribution is -2.42. The lowest BCUT2D eigenvalue weighted by molar-refractivity contribution is 0.0384. The van der Waals surface area contributed by atoms with Gasteiger partial charge >= 0.3 is 0 Å². The highest BCUT2D eigenvalue weighted by molar-refractivity contribution is 9.10. The van der Waals surface area contributed by atoms with Gasteiger partial charge in [-0.3, -0.25) is 0 Å². The number of anilines is 1. The third kappa shape index (κ3) is 3.05. The van der Waals surface area contributed by atoms with Gasteiger partial charge in [0.05, 0.1) is 12.7 Å². The highest BCUT2D eigenvalue weighted by atomic mass is 79.9. The van der Waals surface area contributed by atoms with Crippen LogP contribution in [0.25, 0.3) is 0 Å². The van der Waals surface area contributed by atoms with Gasteiger partial charge in [0.1, 0.15) is 0 Å². The second-order valence-corrected chi connectivity index (χ2v) is 5.70. The molecule has 1 unspecified atom stereocenters. The van der Waals surface area contributed by atoms with Crippen molar-refractivity contribution < 1.29 is 4.74 Å². The Morgan fingerprint density at radius 2 is 2.33 bits per heavy atom. The van der Waals surface area contributed by atoms with E-state index in [1.165, 1.54) is 5.69 Å². The number of benzene rings is 1. The molecule has 100 valence electrons. The number of halogens is 1. The second-order valence-electron chi connectivity index (χ2n) is 4.84. The molecule has 1 aliphatic heterocycles. The van der Waals surface area contributed by atoms with Gasteiger partial charge in [0.25, 0.3) is 0 Å². The molecule has 0 amide bonds. The third-order valence-electron chi connectivity index (χ3n) is 3.43. The minimum Gasteiger partial charge on any atom is -0.375 e. The molecule has 18 heavy (non-hydrogen) atoms. The van der Waals surface area contributed by atoms with Crippen molar-refractivity contribution in [3.05, 3.63) is 28.2 Å². The predicted molar refractivity (Wildman–Crippen MR) is 79.0 cm³/mol. The molecule has 4 heteroatoms. The summed E-state index contributed by atoms with van der Waals surface area (Å²) in [5.74, 6) is 0. The molecule has 1 aliphatic rings. The van der Waals surface area contributed by atoms with Gasteiger partial charge in [-0.25, -0.2) is 0 Å². The molecule has 0 aromatic heterocycles. The number of hydrogen-bond donors (Lipinski definition) is 1. The van der Waals surface area contributed by atoms with Crippen LogP contribution in [0.5, 0.6) is 0 Å².